The van der Waals surface area contributed by atoms with Crippen LogP contribution in [0.3, 0.4) is 0 Å². The smallest absolute Gasteiger partial charge is 0.313 e. The van der Waals surface area contributed by atoms with E-state index in [0.29, 0.717) is 23.0 Å². The first-order chi connectivity index (χ1) is 61.4. The Labute approximate surface area is 757 Å². The molecule has 16 rings (SSSR count). The van der Waals surface area contributed by atoms with Gasteiger partial charge in [0.05, 0.1) is 34.7 Å². The zero-order chi connectivity index (χ0) is 92.3. The summed E-state index contributed by atoms with van der Waals surface area (Å²) in [4.78, 5) is 101. The largest absolute Gasteiger partial charge is 0.426 e. The molecule has 0 bridgehead atoms. The topological polar surface area (TPSA) is 247 Å². The van der Waals surface area contributed by atoms with Gasteiger partial charge in [0, 0.05) is 91.1 Å². The highest BCUT2D eigenvalue weighted by molar-refractivity contribution is 6.05. The molecule has 2 heterocycles. The first kappa shape index (κ1) is 99.6. The van der Waals surface area contributed by atoms with Crippen LogP contribution >= 0.6 is 0 Å². The Balaban J connectivity index is 0.000000182. The summed E-state index contributed by atoms with van der Waals surface area (Å²) in [5, 5.41) is 26.8. The van der Waals surface area contributed by atoms with Crippen LogP contribution in [0.5, 0.6) is 23.0 Å². The molecule has 4 amide bonds. The molecule has 0 radical (unpaired) electrons. The molecule has 0 saturated carbocycles. The average Bonchev–Trinajstić information content (AvgIpc) is 0.823. The van der Waals surface area contributed by atoms with E-state index in [1.165, 1.54) is 5.39 Å². The van der Waals surface area contributed by atoms with Gasteiger partial charge in [0.1, 0.15) is 23.0 Å². The van der Waals surface area contributed by atoms with Crippen molar-refractivity contribution in [2.24, 2.45) is 47.3 Å². The van der Waals surface area contributed by atoms with E-state index < -0.39 is 0 Å². The Morgan fingerprint density at radius 2 is 0.488 bits per heavy atom. The van der Waals surface area contributed by atoms with E-state index in [0.717, 1.165) is 104 Å². The number of aromatic nitrogens is 2. The minimum Gasteiger partial charge on any atom is -0.426 e. The summed E-state index contributed by atoms with van der Waals surface area (Å²) < 4.78 is 21.2. The highest BCUT2D eigenvalue weighted by Crippen LogP contribution is 2.31. The number of anilines is 4. The zero-order valence-corrected chi connectivity index (χ0v) is 75.6. The second kappa shape index (κ2) is 49.8. The lowest BCUT2D eigenvalue weighted by molar-refractivity contribution is -0.138. The number of pyridine rings is 2. The van der Waals surface area contributed by atoms with Crippen LogP contribution in [0.4, 0.5) is 22.7 Å². The van der Waals surface area contributed by atoms with E-state index in [1.54, 1.807) is 18.5 Å². The minimum atomic E-state index is -0.219. The molecule has 664 valence electrons. The van der Waals surface area contributed by atoms with Crippen molar-refractivity contribution in [1.29, 1.82) is 0 Å². The molecule has 129 heavy (non-hydrogen) atoms. The molecule has 0 unspecified atom stereocenters. The van der Waals surface area contributed by atoms with Gasteiger partial charge in [-0.25, -0.2) is 0 Å². The van der Waals surface area contributed by atoms with Gasteiger partial charge in [-0.15, -0.1) is 0 Å². The number of carbonyl (C=O) groups is 8. The molecular formula is C111H118N6O12. The van der Waals surface area contributed by atoms with Gasteiger partial charge >= 0.3 is 23.9 Å². The predicted molar refractivity (Wildman–Crippen MR) is 530 cm³/mol. The zero-order valence-electron chi connectivity index (χ0n) is 75.6. The van der Waals surface area contributed by atoms with Gasteiger partial charge in [-0.05, 0) is 140 Å². The second-order valence-corrected chi connectivity index (χ2v) is 32.7. The number of nitrogens with zero attached hydrogens (tertiary/aromatic N) is 2. The fraction of sp³-hybridized carbons (Fsp3) is 0.225. The molecule has 2 aromatic heterocycles. The van der Waals surface area contributed by atoms with E-state index in [-0.39, 0.29) is 102 Å². The van der Waals surface area contributed by atoms with Crippen LogP contribution in [0.25, 0.3) is 86.4 Å². The fourth-order valence-corrected chi connectivity index (χ4v) is 12.1. The summed E-state index contributed by atoms with van der Waals surface area (Å²) in [5.41, 5.74) is 5.28. The molecule has 0 aliphatic rings. The number of benzene rings is 14. The van der Waals surface area contributed by atoms with Crippen molar-refractivity contribution in [3.8, 4) is 23.0 Å². The summed E-state index contributed by atoms with van der Waals surface area (Å²) in [6.07, 6.45) is 3.50. The van der Waals surface area contributed by atoms with Gasteiger partial charge < -0.3 is 40.2 Å². The first-order valence-corrected chi connectivity index (χ1v) is 43.1. The number of amides is 4. The van der Waals surface area contributed by atoms with Gasteiger partial charge in [0.25, 0.3) is 0 Å². The molecule has 0 atom stereocenters. The van der Waals surface area contributed by atoms with Crippen LogP contribution in [0.2, 0.25) is 0 Å². The molecule has 14 aromatic carbocycles. The van der Waals surface area contributed by atoms with Crippen molar-refractivity contribution >= 4 is 157 Å². The van der Waals surface area contributed by atoms with Crippen LogP contribution < -0.4 is 40.2 Å². The number of ether oxygens (including phenoxy) is 4. The molecule has 4 N–H and O–H groups in total. The Bertz CT molecular complexity index is 5650. The third-order valence-electron chi connectivity index (χ3n) is 19.6. The second-order valence-electron chi connectivity index (χ2n) is 32.7. The van der Waals surface area contributed by atoms with Crippen LogP contribution in [0, 0.1) is 47.3 Å². The SMILES string of the molecule is C.CC(C)C(=O)Nc1ccc2ccccc2c1.CC(C)C(=O)Nc1ccc2ncccc2c1.CC(C)C(=O)Nc1cccc2ccccc12.CC(C)C(=O)Nc1cccc2ccccc12.CC(C)C(=O)Oc1ccc2ccccc2c1.CC(C)C(=O)Oc1ccc2ncccc2c1.CC(C)C(=O)Oc1cccc2ccccc12.CC(C)C(=O)Oc1cccc2ccccc12. The van der Waals surface area contributed by atoms with Crippen molar-refractivity contribution in [2.75, 3.05) is 21.3 Å². The monoisotopic (exact) mass is 1730 g/mol. The Morgan fingerprint density at radius 1 is 0.225 bits per heavy atom. The third-order valence-corrected chi connectivity index (χ3v) is 19.6. The lowest BCUT2D eigenvalue weighted by Crippen LogP contribution is -2.17. The summed E-state index contributed by atoms with van der Waals surface area (Å²) >= 11 is 0. The van der Waals surface area contributed by atoms with Crippen LogP contribution in [0.1, 0.15) is 118 Å². The maximum atomic E-state index is 11.6. The summed E-state index contributed by atoms with van der Waals surface area (Å²) in [5.74, 6) is 1.37. The van der Waals surface area contributed by atoms with Gasteiger partial charge in [0.15, 0.2) is 0 Å². The number of carbonyl (C=O) groups excluding carboxylic acids is 8. The molecule has 16 aromatic rings. The molecule has 0 fully saturated rings. The van der Waals surface area contributed by atoms with Crippen LogP contribution in [-0.4, -0.2) is 57.5 Å². The van der Waals surface area contributed by atoms with E-state index in [2.05, 4.69) is 37.3 Å². The highest BCUT2D eigenvalue weighted by Gasteiger charge is 2.17. The average molecular weight is 1730 g/mol. The molecule has 0 aliphatic carbocycles. The molecular weight excluding hydrogens is 1610 g/mol. The maximum absolute atomic E-state index is 11.6. The summed E-state index contributed by atoms with van der Waals surface area (Å²) in [7, 11) is 0. The minimum absolute atomic E-state index is 0. The fourth-order valence-electron chi connectivity index (χ4n) is 12.1. The first-order valence-electron chi connectivity index (χ1n) is 43.1. The number of rotatable bonds is 16. The normalized spacial score (nSPS) is 10.6. The lowest BCUT2D eigenvalue weighted by Gasteiger charge is -2.10. The standard InChI is InChI=1S/3C14H15NO.3C14H14O2.C13H14N2O.C13H13NO2.CH4/c2*1-10(2)14(16)15-13-9-5-7-11-6-3-4-8-12(11)13;1-10(2)14(16)15-13-8-7-11-5-3-4-6-12(11)9-13;2*1-10(2)14(15)16-13-9-5-7-11-6-3-4-8-12(11)13;1-10(2)14(15)16-13-8-7-11-5-3-4-6-12(11)9-13;1-9(2)13(16)15-11-5-6-12-10(8-11)4-3-7-14-12;1-9(2)13(15)16-11-5-6-12-10(8-11)4-3-7-14-12;/h3*3-10H,1-2H3,(H,15,16);3*3-10H,1-2H3;3-9H,1-2H3,(H,15,16);3-9H,1-2H3;1H4. The number of hydrogen-bond acceptors (Lipinski definition) is 14. The highest BCUT2D eigenvalue weighted by atomic mass is 16.5. The van der Waals surface area contributed by atoms with Gasteiger partial charge in [0.2, 0.25) is 23.6 Å². The van der Waals surface area contributed by atoms with Crippen molar-refractivity contribution in [3.05, 3.63) is 328 Å². The van der Waals surface area contributed by atoms with Crippen LogP contribution in [0.15, 0.2) is 328 Å². The molecule has 0 spiro atoms. The molecule has 18 nitrogen and oxygen atoms in total. The third kappa shape index (κ3) is 30.8. The quantitative estimate of drug-likeness (QED) is 0.0519. The number of nitrogens with one attached hydrogen (secondary N) is 4. The van der Waals surface area contributed by atoms with Crippen molar-refractivity contribution in [1.82, 2.24) is 9.97 Å². The summed E-state index contributed by atoms with van der Waals surface area (Å²) in [6, 6.07) is 102. The van der Waals surface area contributed by atoms with Gasteiger partial charge in [-0.2, -0.15) is 0 Å². The number of esters is 4. The Kier molecular flexibility index (Phi) is 38.5. The molecule has 18 heteroatoms. The van der Waals surface area contributed by atoms with Crippen LogP contribution in [-0.2, 0) is 38.4 Å². The van der Waals surface area contributed by atoms with E-state index in [1.807, 2.05) is 414 Å². The molecule has 0 aliphatic heterocycles. The number of fused-ring (bicyclic) bond motifs is 8. The lowest BCUT2D eigenvalue weighted by atomic mass is 10.1. The summed E-state index contributed by atoms with van der Waals surface area (Å²) in [6.45, 7) is 29.6. The van der Waals surface area contributed by atoms with Crippen molar-refractivity contribution < 1.29 is 57.3 Å². The van der Waals surface area contributed by atoms with E-state index in [4.69, 9.17) is 18.9 Å². The molecule has 0 saturated heterocycles. The maximum Gasteiger partial charge on any atom is 0.313 e. The van der Waals surface area contributed by atoms with E-state index in [9.17, 15) is 38.4 Å². The van der Waals surface area contributed by atoms with Gasteiger partial charge in [-0.3, -0.25) is 48.3 Å². The van der Waals surface area contributed by atoms with Crippen molar-refractivity contribution in [2.45, 2.75) is 118 Å². The Hall–Kier alpha value is -14.8. The predicted octanol–water partition coefficient (Wildman–Crippen LogP) is 26.8. The number of hydrogen-bond donors (Lipinski definition) is 4. The van der Waals surface area contributed by atoms with E-state index >= 15 is 0 Å². The van der Waals surface area contributed by atoms with Crippen molar-refractivity contribution in [3.63, 3.8) is 0 Å². The van der Waals surface area contributed by atoms with Gasteiger partial charge in [-0.1, -0.05) is 337 Å². The Morgan fingerprint density at radius 3 is 0.876 bits per heavy atom.